The van der Waals surface area contributed by atoms with Crippen LogP contribution in [0.3, 0.4) is 0 Å². The number of hydrogen-bond donors (Lipinski definition) is 1. The molecule has 0 unspecified atom stereocenters. The molecular weight excluding hydrogens is 404 g/mol. The number of nitrogens with one attached hydrogen (secondary N) is 1. The van der Waals surface area contributed by atoms with Gasteiger partial charge in [-0.15, -0.1) is 0 Å². The molecule has 0 radical (unpaired) electrons. The van der Waals surface area contributed by atoms with Crippen molar-refractivity contribution in [2.45, 2.75) is 4.90 Å². The van der Waals surface area contributed by atoms with E-state index in [1.807, 2.05) is 10.8 Å². The van der Waals surface area contributed by atoms with E-state index in [1.165, 1.54) is 0 Å². The van der Waals surface area contributed by atoms with Gasteiger partial charge >= 0.3 is 0 Å². The molecule has 0 spiro atoms. The fourth-order valence-corrected chi connectivity index (χ4v) is 3.17. The molecule has 0 aliphatic carbocycles. The summed E-state index contributed by atoms with van der Waals surface area (Å²) in [5.74, 6) is 3.40. The van der Waals surface area contributed by atoms with Gasteiger partial charge < -0.3 is 4.74 Å². The van der Waals surface area contributed by atoms with Crippen LogP contribution in [-0.2, 0) is 10.0 Å². The first-order chi connectivity index (χ1) is 11.4. The molecule has 4 nitrogen and oxygen atoms in total. The molecule has 0 bridgehead atoms. The Hall–Kier alpha value is -1.95. The smallest absolute Gasteiger partial charge is 0.247 e. The average Bonchev–Trinajstić information content (AvgIpc) is 2.50. The number of rotatable bonds is 5. The van der Waals surface area contributed by atoms with Gasteiger partial charge in [0, 0.05) is 4.47 Å². The maximum atomic E-state index is 13.5. The maximum Gasteiger partial charge on any atom is 0.247 e. The largest absolute Gasteiger partial charge is 0.481 e. The Bertz CT molecular complexity index is 871. The molecule has 24 heavy (non-hydrogen) atoms. The summed E-state index contributed by atoms with van der Waals surface area (Å²) in [6.07, 6.45) is 0. The Labute approximate surface area is 147 Å². The summed E-state index contributed by atoms with van der Waals surface area (Å²) in [7, 11) is -4.32. The Kier molecular flexibility index (Phi) is 6.31. The van der Waals surface area contributed by atoms with E-state index in [0.29, 0.717) is 5.75 Å². The number of ether oxygens (including phenoxy) is 1. The predicted octanol–water partition coefficient (Wildman–Crippen LogP) is 3.09. The zero-order valence-corrected chi connectivity index (χ0v) is 14.6. The summed E-state index contributed by atoms with van der Waals surface area (Å²) in [5, 5.41) is 0. The summed E-state index contributed by atoms with van der Waals surface area (Å²) in [5.41, 5.74) is 0. The molecule has 0 heterocycles. The third-order valence-electron chi connectivity index (χ3n) is 2.77. The van der Waals surface area contributed by atoms with Gasteiger partial charge in [0.05, 0.1) is 6.54 Å². The van der Waals surface area contributed by atoms with Crippen LogP contribution in [-0.4, -0.2) is 21.6 Å². The molecule has 2 aromatic rings. The van der Waals surface area contributed by atoms with Crippen LogP contribution < -0.4 is 9.46 Å². The highest BCUT2D eigenvalue weighted by molar-refractivity contribution is 9.10. The molecule has 0 saturated carbocycles. The molecule has 2 rings (SSSR count). The van der Waals surface area contributed by atoms with Gasteiger partial charge in [0.1, 0.15) is 24.0 Å². The Balaban J connectivity index is 1.90. The minimum absolute atomic E-state index is 0.0479. The van der Waals surface area contributed by atoms with Crippen molar-refractivity contribution in [1.29, 1.82) is 0 Å². The Morgan fingerprint density at radius 3 is 2.42 bits per heavy atom. The van der Waals surface area contributed by atoms with Gasteiger partial charge in [-0.25, -0.2) is 17.2 Å². The van der Waals surface area contributed by atoms with Crippen LogP contribution in [0.2, 0.25) is 0 Å². The summed E-state index contributed by atoms with van der Waals surface area (Å²) < 4.78 is 58.9. The van der Waals surface area contributed by atoms with Crippen LogP contribution in [0.4, 0.5) is 8.78 Å². The van der Waals surface area contributed by atoms with E-state index in [9.17, 15) is 17.2 Å². The van der Waals surface area contributed by atoms with Crippen molar-refractivity contribution >= 4 is 26.0 Å². The van der Waals surface area contributed by atoms with Gasteiger partial charge in [0.25, 0.3) is 0 Å². The Morgan fingerprint density at radius 1 is 1.08 bits per heavy atom. The number of benzene rings is 2. The lowest BCUT2D eigenvalue weighted by Crippen LogP contribution is -2.26. The lowest BCUT2D eigenvalue weighted by Gasteiger charge is -2.06. The zero-order chi connectivity index (χ0) is 17.6. The summed E-state index contributed by atoms with van der Waals surface area (Å²) >= 11 is 3.30. The molecular formula is C16H12BrF2NO3S. The van der Waals surface area contributed by atoms with Gasteiger partial charge in [-0.05, 0) is 30.3 Å². The van der Waals surface area contributed by atoms with E-state index in [1.54, 1.807) is 18.2 Å². The van der Waals surface area contributed by atoms with Crippen molar-refractivity contribution in [3.05, 3.63) is 58.6 Å². The highest BCUT2D eigenvalue weighted by Gasteiger charge is 2.22. The van der Waals surface area contributed by atoms with Gasteiger partial charge in [-0.2, -0.15) is 4.72 Å². The highest BCUT2D eigenvalue weighted by Crippen LogP contribution is 2.18. The van der Waals surface area contributed by atoms with E-state index >= 15 is 0 Å². The zero-order valence-electron chi connectivity index (χ0n) is 12.2. The minimum Gasteiger partial charge on any atom is -0.481 e. The molecule has 2 aromatic carbocycles. The molecule has 0 atom stereocenters. The monoisotopic (exact) mass is 415 g/mol. The molecule has 0 fully saturated rings. The van der Waals surface area contributed by atoms with E-state index in [2.05, 4.69) is 27.8 Å². The molecule has 0 amide bonds. The lowest BCUT2D eigenvalue weighted by molar-refractivity contribution is 0.370. The van der Waals surface area contributed by atoms with Crippen LogP contribution in [0.15, 0.2) is 51.8 Å². The highest BCUT2D eigenvalue weighted by atomic mass is 79.9. The molecule has 0 saturated heterocycles. The number of hydrogen-bond acceptors (Lipinski definition) is 3. The second-order valence-electron chi connectivity index (χ2n) is 4.47. The SMILES string of the molecule is O=S(=O)(NCC#CCOc1cccc(Br)c1)c1c(F)cccc1F. The third kappa shape index (κ3) is 5.03. The van der Waals surface area contributed by atoms with Crippen molar-refractivity contribution in [1.82, 2.24) is 4.72 Å². The van der Waals surface area contributed by atoms with Crippen molar-refractivity contribution in [2.24, 2.45) is 0 Å². The van der Waals surface area contributed by atoms with Crippen molar-refractivity contribution in [3.8, 4) is 17.6 Å². The van der Waals surface area contributed by atoms with Crippen molar-refractivity contribution < 1.29 is 21.9 Å². The summed E-state index contributed by atoms with van der Waals surface area (Å²) in [6.45, 7) is -0.246. The van der Waals surface area contributed by atoms with Crippen LogP contribution in [0.5, 0.6) is 5.75 Å². The predicted molar refractivity (Wildman–Crippen MR) is 89.0 cm³/mol. The van der Waals surface area contributed by atoms with Gasteiger partial charge in [-0.3, -0.25) is 0 Å². The standard InChI is InChI=1S/C16H12BrF2NO3S/c17-12-5-3-6-13(11-12)23-10-2-1-9-20-24(21,22)16-14(18)7-4-8-15(16)19/h3-8,11,20H,9-10H2. The third-order valence-corrected chi connectivity index (χ3v) is 4.72. The van der Waals surface area contributed by atoms with E-state index in [-0.39, 0.29) is 13.2 Å². The first-order valence-corrected chi connectivity index (χ1v) is 8.95. The first kappa shape index (κ1) is 18.4. The molecule has 1 N–H and O–H groups in total. The lowest BCUT2D eigenvalue weighted by atomic mass is 10.3. The molecule has 126 valence electrons. The van der Waals surface area contributed by atoms with Crippen LogP contribution in [0, 0.1) is 23.5 Å². The summed E-state index contributed by atoms with van der Waals surface area (Å²) in [4.78, 5) is -1.02. The maximum absolute atomic E-state index is 13.5. The minimum atomic E-state index is -4.32. The normalized spacial score (nSPS) is 10.8. The second-order valence-corrected chi connectivity index (χ2v) is 7.09. The van der Waals surface area contributed by atoms with E-state index in [0.717, 1.165) is 22.7 Å². The average molecular weight is 416 g/mol. The summed E-state index contributed by atoms with van der Waals surface area (Å²) in [6, 6.07) is 9.97. The van der Waals surface area contributed by atoms with Gasteiger partial charge in [0.2, 0.25) is 10.0 Å². The van der Waals surface area contributed by atoms with E-state index < -0.39 is 26.6 Å². The quantitative estimate of drug-likeness (QED) is 0.763. The Morgan fingerprint density at radius 2 is 1.75 bits per heavy atom. The number of sulfonamides is 1. The fourth-order valence-electron chi connectivity index (χ4n) is 1.73. The van der Waals surface area contributed by atoms with Gasteiger partial charge in [0.15, 0.2) is 4.90 Å². The topological polar surface area (TPSA) is 55.4 Å². The van der Waals surface area contributed by atoms with Crippen LogP contribution >= 0.6 is 15.9 Å². The molecule has 0 aromatic heterocycles. The van der Waals surface area contributed by atoms with Gasteiger partial charge in [-0.1, -0.05) is 39.9 Å². The van der Waals surface area contributed by atoms with Crippen molar-refractivity contribution in [3.63, 3.8) is 0 Å². The van der Waals surface area contributed by atoms with Crippen LogP contribution in [0.25, 0.3) is 0 Å². The van der Waals surface area contributed by atoms with Crippen molar-refractivity contribution in [2.75, 3.05) is 13.2 Å². The van der Waals surface area contributed by atoms with Crippen LogP contribution in [0.1, 0.15) is 0 Å². The first-order valence-electron chi connectivity index (χ1n) is 6.68. The van der Waals surface area contributed by atoms with E-state index in [4.69, 9.17) is 4.74 Å². The second kappa shape index (κ2) is 8.24. The number of halogens is 3. The molecule has 0 aliphatic heterocycles. The fraction of sp³-hybridized carbons (Fsp3) is 0.125. The molecule has 8 heteroatoms. The molecule has 0 aliphatic rings.